The van der Waals surface area contributed by atoms with Gasteiger partial charge < -0.3 is 13.7 Å². The molecule has 0 aliphatic carbocycles. The van der Waals surface area contributed by atoms with Gasteiger partial charge in [0.05, 0.1) is 44.5 Å². The summed E-state index contributed by atoms with van der Waals surface area (Å²) in [6, 6.07) is 92.4. The highest BCUT2D eigenvalue weighted by atomic mass is 15.0. The minimum Gasteiger partial charge on any atom is -0.309 e. The summed E-state index contributed by atoms with van der Waals surface area (Å²) in [6.07, 6.45) is 0. The second kappa shape index (κ2) is 15.7. The largest absolute Gasteiger partial charge is 0.309 e. The molecule has 14 rings (SSSR count). The van der Waals surface area contributed by atoms with Gasteiger partial charge in [-0.2, -0.15) is 0 Å². The van der Waals surface area contributed by atoms with Crippen LogP contribution >= 0.6 is 0 Å². The molecule has 10 aromatic carbocycles. The number of benzene rings is 10. The fraction of sp³-hybridized carbons (Fsp3) is 0. The SMILES string of the molecule is c1ccc(-c2cc(-c3cccc(-c4ccc(-n5c6ccccc6c6ccccc65)cc4)c3)cc(-c3cc(-n4c5ccccc5c5ccccc54)cc(-n4c5ccccc5c5ccccc54)c3)n2)cc1. The highest BCUT2D eigenvalue weighted by molar-refractivity contribution is 6.11. The first-order valence-corrected chi connectivity index (χ1v) is 23.6. The van der Waals surface area contributed by atoms with Crippen LogP contribution in [0.1, 0.15) is 0 Å². The quantitative estimate of drug-likeness (QED) is 0.157. The molecule has 0 atom stereocenters. The maximum absolute atomic E-state index is 5.53. The monoisotopic (exact) mass is 878 g/mol. The van der Waals surface area contributed by atoms with Gasteiger partial charge in [0.1, 0.15) is 0 Å². The number of para-hydroxylation sites is 6. The van der Waals surface area contributed by atoms with Crippen molar-refractivity contribution >= 4 is 65.4 Å². The molecular weight excluding hydrogens is 837 g/mol. The van der Waals surface area contributed by atoms with Crippen molar-refractivity contribution in [2.75, 3.05) is 0 Å². The summed E-state index contributed by atoms with van der Waals surface area (Å²) in [5.74, 6) is 0. The molecule has 0 bridgehead atoms. The summed E-state index contributed by atoms with van der Waals surface area (Å²) >= 11 is 0. The average molecular weight is 879 g/mol. The van der Waals surface area contributed by atoms with Gasteiger partial charge in [0.2, 0.25) is 0 Å². The van der Waals surface area contributed by atoms with E-state index in [0.29, 0.717) is 0 Å². The zero-order valence-corrected chi connectivity index (χ0v) is 37.5. The molecule has 0 fully saturated rings. The van der Waals surface area contributed by atoms with Crippen molar-refractivity contribution in [3.05, 3.63) is 255 Å². The molecule has 0 spiro atoms. The van der Waals surface area contributed by atoms with E-state index in [1.165, 1.54) is 43.4 Å². The van der Waals surface area contributed by atoms with Gasteiger partial charge in [0, 0.05) is 60.5 Å². The van der Waals surface area contributed by atoms with Crippen molar-refractivity contribution in [1.29, 1.82) is 0 Å². The summed E-state index contributed by atoms with van der Waals surface area (Å²) in [5.41, 5.74) is 18.8. The summed E-state index contributed by atoms with van der Waals surface area (Å²) in [7, 11) is 0. The molecule has 14 aromatic rings. The second-order valence-corrected chi connectivity index (χ2v) is 18.0. The van der Waals surface area contributed by atoms with Crippen LogP contribution in [0.2, 0.25) is 0 Å². The first-order valence-electron chi connectivity index (χ1n) is 23.6. The minimum absolute atomic E-state index is 0.900. The fourth-order valence-corrected chi connectivity index (χ4v) is 10.9. The lowest BCUT2D eigenvalue weighted by Crippen LogP contribution is -2.01. The van der Waals surface area contributed by atoms with Crippen LogP contribution in [0.5, 0.6) is 0 Å². The molecule has 0 unspecified atom stereocenters. The van der Waals surface area contributed by atoms with Crippen molar-refractivity contribution in [3.63, 3.8) is 0 Å². The lowest BCUT2D eigenvalue weighted by molar-refractivity contribution is 1.13. The maximum Gasteiger partial charge on any atom is 0.0717 e. The van der Waals surface area contributed by atoms with E-state index in [2.05, 4.69) is 268 Å². The summed E-state index contributed by atoms with van der Waals surface area (Å²) < 4.78 is 7.21. The number of aromatic nitrogens is 4. The Morgan fingerprint density at radius 1 is 0.203 bits per heavy atom. The van der Waals surface area contributed by atoms with E-state index in [4.69, 9.17) is 4.98 Å². The number of fused-ring (bicyclic) bond motifs is 9. The Labute approximate surface area is 398 Å². The molecule has 4 aromatic heterocycles. The fourth-order valence-electron chi connectivity index (χ4n) is 10.9. The molecule has 0 saturated heterocycles. The van der Waals surface area contributed by atoms with Crippen molar-refractivity contribution < 1.29 is 0 Å². The molecular formula is C65H42N4. The van der Waals surface area contributed by atoms with Crippen LogP contribution in [0.15, 0.2) is 255 Å². The highest BCUT2D eigenvalue weighted by Gasteiger charge is 2.19. The number of hydrogen-bond donors (Lipinski definition) is 0. The van der Waals surface area contributed by atoms with Crippen molar-refractivity contribution in [2.45, 2.75) is 0 Å². The van der Waals surface area contributed by atoms with E-state index in [1.54, 1.807) is 0 Å². The number of hydrogen-bond acceptors (Lipinski definition) is 1. The van der Waals surface area contributed by atoms with Crippen LogP contribution in [-0.4, -0.2) is 18.7 Å². The summed E-state index contributed by atoms with van der Waals surface area (Å²) in [6.45, 7) is 0. The molecule has 0 N–H and O–H groups in total. The zero-order chi connectivity index (χ0) is 45.4. The minimum atomic E-state index is 0.900. The van der Waals surface area contributed by atoms with Crippen LogP contribution < -0.4 is 0 Å². The van der Waals surface area contributed by atoms with Gasteiger partial charge in [-0.25, -0.2) is 4.98 Å². The predicted molar refractivity (Wildman–Crippen MR) is 289 cm³/mol. The third-order valence-corrected chi connectivity index (χ3v) is 14.0. The third-order valence-electron chi connectivity index (χ3n) is 14.0. The van der Waals surface area contributed by atoms with Crippen molar-refractivity contribution in [3.8, 4) is 61.8 Å². The summed E-state index contributed by atoms with van der Waals surface area (Å²) in [4.78, 5) is 5.53. The van der Waals surface area contributed by atoms with Gasteiger partial charge in [-0.3, -0.25) is 0 Å². The van der Waals surface area contributed by atoms with Crippen LogP contribution in [0.4, 0.5) is 0 Å². The molecule has 4 nitrogen and oxygen atoms in total. The topological polar surface area (TPSA) is 27.7 Å². The number of rotatable bonds is 7. The van der Waals surface area contributed by atoms with E-state index in [1.807, 2.05) is 0 Å². The molecule has 69 heavy (non-hydrogen) atoms. The average Bonchev–Trinajstić information content (AvgIpc) is 4.07. The van der Waals surface area contributed by atoms with Crippen LogP contribution in [0.25, 0.3) is 127 Å². The molecule has 0 radical (unpaired) electrons. The maximum atomic E-state index is 5.53. The highest BCUT2D eigenvalue weighted by Crippen LogP contribution is 2.40. The van der Waals surface area contributed by atoms with E-state index in [0.717, 1.165) is 83.9 Å². The van der Waals surface area contributed by atoms with Gasteiger partial charge in [0.15, 0.2) is 0 Å². The van der Waals surface area contributed by atoms with Gasteiger partial charge in [-0.05, 0) is 107 Å². The van der Waals surface area contributed by atoms with Crippen LogP contribution in [0.3, 0.4) is 0 Å². The Hall–Kier alpha value is -9.25. The molecule has 0 saturated carbocycles. The standard InChI is InChI=1S/C65H42N4/c1-2-17-44(18-3-1)58-40-47(46-20-16-19-45(37-46)43-33-35-49(36-34-43)67-60-27-10-4-21-52(60)53-22-5-11-28-61(53)67)41-59(66-58)48-38-50(68-62-29-12-6-23-54(62)55-24-7-13-30-63(55)68)42-51(39-48)69-64-31-14-8-25-56(64)57-26-9-15-32-65(57)69/h1-42H. The number of pyridine rings is 1. The lowest BCUT2D eigenvalue weighted by Gasteiger charge is -2.17. The van der Waals surface area contributed by atoms with E-state index in [-0.39, 0.29) is 0 Å². The van der Waals surface area contributed by atoms with Crippen LogP contribution in [0, 0.1) is 0 Å². The van der Waals surface area contributed by atoms with Gasteiger partial charge in [0.25, 0.3) is 0 Å². The van der Waals surface area contributed by atoms with Crippen LogP contribution in [-0.2, 0) is 0 Å². The second-order valence-electron chi connectivity index (χ2n) is 18.0. The first-order chi connectivity index (χ1) is 34.2. The molecule has 0 amide bonds. The van der Waals surface area contributed by atoms with E-state index in [9.17, 15) is 0 Å². The molecule has 0 aliphatic rings. The lowest BCUT2D eigenvalue weighted by atomic mass is 9.96. The van der Waals surface area contributed by atoms with Crippen molar-refractivity contribution in [1.82, 2.24) is 18.7 Å². The first kappa shape index (κ1) is 39.0. The Balaban J connectivity index is 0.953. The molecule has 322 valence electrons. The van der Waals surface area contributed by atoms with E-state index >= 15 is 0 Å². The van der Waals surface area contributed by atoms with Gasteiger partial charge in [-0.15, -0.1) is 0 Å². The molecule has 4 heteroatoms. The molecule has 0 aliphatic heterocycles. The summed E-state index contributed by atoms with van der Waals surface area (Å²) in [5, 5.41) is 7.43. The van der Waals surface area contributed by atoms with Gasteiger partial charge in [-0.1, -0.05) is 170 Å². The Bertz CT molecular complexity index is 4010. The smallest absolute Gasteiger partial charge is 0.0717 e. The zero-order valence-electron chi connectivity index (χ0n) is 37.5. The third kappa shape index (κ3) is 6.34. The normalized spacial score (nSPS) is 11.8. The van der Waals surface area contributed by atoms with Gasteiger partial charge >= 0.3 is 0 Å². The molecule has 4 heterocycles. The number of nitrogens with zero attached hydrogens (tertiary/aromatic N) is 4. The van der Waals surface area contributed by atoms with E-state index < -0.39 is 0 Å². The van der Waals surface area contributed by atoms with Crippen molar-refractivity contribution in [2.24, 2.45) is 0 Å². The predicted octanol–water partition coefficient (Wildman–Crippen LogP) is 17.0. The Morgan fingerprint density at radius 2 is 0.551 bits per heavy atom. The Morgan fingerprint density at radius 3 is 0.986 bits per heavy atom. The Kier molecular flexibility index (Phi) is 8.86.